The number of carbonyl (C=O) groups excluding carboxylic acids is 1. The lowest BCUT2D eigenvalue weighted by Gasteiger charge is -2.41. The lowest BCUT2D eigenvalue weighted by Crippen LogP contribution is -2.52. The van der Waals surface area contributed by atoms with Gasteiger partial charge in [0.25, 0.3) is 0 Å². The number of nitrogens with zero attached hydrogens (tertiary/aromatic N) is 3. The predicted octanol–water partition coefficient (Wildman–Crippen LogP) is 4.42. The van der Waals surface area contributed by atoms with E-state index in [1.165, 1.54) is 12.1 Å². The van der Waals surface area contributed by atoms with Gasteiger partial charge < -0.3 is 19.3 Å². The minimum absolute atomic E-state index is 0.0219. The molecular formula is C25H33F3N4O3. The molecule has 3 atom stereocenters. The van der Waals surface area contributed by atoms with Crippen LogP contribution in [0.15, 0.2) is 30.3 Å². The lowest BCUT2D eigenvalue weighted by atomic mass is 9.82. The van der Waals surface area contributed by atoms with Crippen molar-refractivity contribution >= 4 is 6.03 Å². The van der Waals surface area contributed by atoms with Gasteiger partial charge in [-0.15, -0.1) is 0 Å². The third-order valence-corrected chi connectivity index (χ3v) is 7.06. The van der Waals surface area contributed by atoms with Crippen LogP contribution >= 0.6 is 0 Å². The van der Waals surface area contributed by atoms with Gasteiger partial charge in [-0.1, -0.05) is 12.1 Å². The van der Waals surface area contributed by atoms with Crippen molar-refractivity contribution in [1.29, 1.82) is 0 Å². The van der Waals surface area contributed by atoms with Crippen LogP contribution in [-0.2, 0) is 22.1 Å². The number of benzene rings is 1. The Bertz CT molecular complexity index is 979. The van der Waals surface area contributed by atoms with Crippen molar-refractivity contribution in [2.75, 3.05) is 47.0 Å². The second kappa shape index (κ2) is 11.0. The fourth-order valence-electron chi connectivity index (χ4n) is 5.09. The van der Waals surface area contributed by atoms with E-state index in [0.717, 1.165) is 41.9 Å². The van der Waals surface area contributed by atoms with E-state index < -0.39 is 11.7 Å². The Kier molecular flexibility index (Phi) is 8.01. The van der Waals surface area contributed by atoms with Gasteiger partial charge in [0.2, 0.25) is 0 Å². The molecule has 0 bridgehead atoms. The molecule has 3 heterocycles. The molecule has 1 aromatic heterocycles. The van der Waals surface area contributed by atoms with Gasteiger partial charge in [0.15, 0.2) is 0 Å². The maximum absolute atomic E-state index is 13.5. The quantitative estimate of drug-likeness (QED) is 0.646. The minimum Gasteiger partial charge on any atom is -0.384 e. The number of alkyl halides is 3. The first-order chi connectivity index (χ1) is 16.8. The Morgan fingerprint density at radius 3 is 2.54 bits per heavy atom. The largest absolute Gasteiger partial charge is 0.416 e. The van der Waals surface area contributed by atoms with Gasteiger partial charge >= 0.3 is 12.2 Å². The number of ether oxygens (including phenoxy) is 2. The molecule has 2 aromatic rings. The highest BCUT2D eigenvalue weighted by Gasteiger charge is 2.36. The Hall–Kier alpha value is -2.59. The van der Waals surface area contributed by atoms with Gasteiger partial charge in [-0.2, -0.15) is 18.3 Å². The number of amides is 2. The van der Waals surface area contributed by atoms with Crippen LogP contribution in [0, 0.1) is 0 Å². The lowest BCUT2D eigenvalue weighted by molar-refractivity contribution is -0.137. The molecule has 2 fully saturated rings. The van der Waals surface area contributed by atoms with Crippen molar-refractivity contribution in [3.05, 3.63) is 52.8 Å². The SMILES string of the molecule is COCCc1cc(C2CC(c3ccc(C(F)(F)F)cc3)CN(C(=O)N3CCCC(OC)C3)C2)n[nH]1. The van der Waals surface area contributed by atoms with E-state index in [9.17, 15) is 18.0 Å². The van der Waals surface area contributed by atoms with Gasteiger partial charge in [0.05, 0.1) is 24.0 Å². The number of carbonyl (C=O) groups is 1. The summed E-state index contributed by atoms with van der Waals surface area (Å²) in [6, 6.07) is 7.27. The van der Waals surface area contributed by atoms with E-state index in [4.69, 9.17) is 9.47 Å². The Labute approximate surface area is 203 Å². The Balaban J connectivity index is 1.56. The number of likely N-dealkylation sites (tertiary alicyclic amines) is 2. The van der Waals surface area contributed by atoms with Crippen molar-refractivity contribution < 1.29 is 27.4 Å². The number of hydrogen-bond donors (Lipinski definition) is 1. The highest BCUT2D eigenvalue weighted by molar-refractivity contribution is 5.75. The molecule has 4 rings (SSSR count). The molecule has 0 saturated carbocycles. The van der Waals surface area contributed by atoms with E-state index >= 15 is 0 Å². The van der Waals surface area contributed by atoms with E-state index in [1.807, 2.05) is 15.9 Å². The fraction of sp³-hybridized carbons (Fsp3) is 0.600. The number of H-pyrrole nitrogens is 1. The summed E-state index contributed by atoms with van der Waals surface area (Å²) in [6.07, 6.45) is -1.15. The monoisotopic (exact) mass is 494 g/mol. The average molecular weight is 495 g/mol. The van der Waals surface area contributed by atoms with Crippen molar-refractivity contribution in [3.8, 4) is 0 Å². The van der Waals surface area contributed by atoms with Gasteiger partial charge in [0, 0.05) is 64.3 Å². The van der Waals surface area contributed by atoms with Gasteiger partial charge in [0.1, 0.15) is 0 Å². The maximum Gasteiger partial charge on any atom is 0.416 e. The smallest absolute Gasteiger partial charge is 0.384 e. The number of hydrogen-bond acceptors (Lipinski definition) is 4. The first-order valence-electron chi connectivity index (χ1n) is 12.1. The van der Waals surface area contributed by atoms with Gasteiger partial charge in [-0.25, -0.2) is 4.79 Å². The molecule has 35 heavy (non-hydrogen) atoms. The summed E-state index contributed by atoms with van der Waals surface area (Å²) in [5.74, 6) is -0.127. The van der Waals surface area contributed by atoms with Crippen molar-refractivity contribution in [3.63, 3.8) is 0 Å². The topological polar surface area (TPSA) is 70.7 Å². The maximum atomic E-state index is 13.5. The highest BCUT2D eigenvalue weighted by atomic mass is 19.4. The van der Waals surface area contributed by atoms with Crippen LogP contribution < -0.4 is 0 Å². The van der Waals surface area contributed by atoms with Crippen LogP contribution in [0.5, 0.6) is 0 Å². The first-order valence-corrected chi connectivity index (χ1v) is 12.1. The summed E-state index contributed by atoms with van der Waals surface area (Å²) >= 11 is 0. The molecule has 0 radical (unpaired) electrons. The van der Waals surface area contributed by atoms with Crippen molar-refractivity contribution in [2.45, 2.75) is 49.8 Å². The number of urea groups is 1. The van der Waals surface area contributed by atoms with E-state index in [1.54, 1.807) is 14.2 Å². The second-order valence-electron chi connectivity index (χ2n) is 9.44. The normalized spacial score (nSPS) is 23.5. The number of halogens is 3. The molecule has 1 aromatic carbocycles. The third-order valence-electron chi connectivity index (χ3n) is 7.06. The molecule has 1 N–H and O–H groups in total. The molecule has 7 nitrogen and oxygen atoms in total. The Morgan fingerprint density at radius 1 is 1.11 bits per heavy atom. The van der Waals surface area contributed by atoms with Crippen LogP contribution in [0.25, 0.3) is 0 Å². The van der Waals surface area contributed by atoms with Gasteiger partial charge in [-0.05, 0) is 43.0 Å². The third kappa shape index (κ3) is 6.16. The predicted molar refractivity (Wildman–Crippen MR) is 124 cm³/mol. The summed E-state index contributed by atoms with van der Waals surface area (Å²) < 4.78 is 49.9. The summed E-state index contributed by atoms with van der Waals surface area (Å²) in [5, 5.41) is 7.55. The zero-order valence-corrected chi connectivity index (χ0v) is 20.2. The summed E-state index contributed by atoms with van der Waals surface area (Å²) in [7, 11) is 3.31. The summed E-state index contributed by atoms with van der Waals surface area (Å²) in [6.45, 7) is 2.76. The van der Waals surface area contributed by atoms with Crippen molar-refractivity contribution in [1.82, 2.24) is 20.0 Å². The molecular weight excluding hydrogens is 461 g/mol. The molecule has 0 spiro atoms. The standard InChI is InChI=1S/C25H33F3N4O3/c1-34-11-9-21-13-23(30-29-21)19-12-18(17-5-7-20(8-6-17)25(26,27)28)14-32(15-19)24(33)31-10-3-4-22(16-31)35-2/h5-8,13,18-19,22H,3-4,9-12,14-16H2,1-2H3,(H,29,30). The summed E-state index contributed by atoms with van der Waals surface area (Å²) in [5.41, 5.74) is 1.94. The van der Waals surface area contributed by atoms with Gasteiger partial charge in [-0.3, -0.25) is 5.10 Å². The molecule has 2 aliphatic heterocycles. The number of aromatic amines is 1. The zero-order valence-electron chi connectivity index (χ0n) is 20.2. The van der Waals surface area contributed by atoms with Crippen LogP contribution in [0.2, 0.25) is 0 Å². The number of nitrogens with one attached hydrogen (secondary N) is 1. The second-order valence-corrected chi connectivity index (χ2v) is 9.44. The zero-order chi connectivity index (χ0) is 25.0. The Morgan fingerprint density at radius 2 is 1.86 bits per heavy atom. The highest BCUT2D eigenvalue weighted by Crippen LogP contribution is 2.37. The minimum atomic E-state index is -4.38. The number of aromatic nitrogens is 2. The van der Waals surface area contributed by atoms with Crippen LogP contribution in [-0.4, -0.2) is 79.1 Å². The first kappa shape index (κ1) is 25.5. The number of piperidine rings is 2. The molecule has 2 amide bonds. The van der Waals surface area contributed by atoms with E-state index in [-0.39, 0.29) is 24.0 Å². The molecule has 0 aliphatic carbocycles. The molecule has 192 valence electrons. The number of rotatable bonds is 6. The fourth-order valence-corrected chi connectivity index (χ4v) is 5.09. The van der Waals surface area contributed by atoms with Crippen LogP contribution in [0.4, 0.5) is 18.0 Å². The van der Waals surface area contributed by atoms with Crippen molar-refractivity contribution in [2.24, 2.45) is 0 Å². The summed E-state index contributed by atoms with van der Waals surface area (Å²) in [4.78, 5) is 17.2. The van der Waals surface area contributed by atoms with Crippen LogP contribution in [0.3, 0.4) is 0 Å². The average Bonchev–Trinajstić information content (AvgIpc) is 3.35. The molecule has 2 aliphatic rings. The van der Waals surface area contributed by atoms with E-state index in [0.29, 0.717) is 45.6 Å². The van der Waals surface area contributed by atoms with Crippen LogP contribution in [0.1, 0.15) is 53.6 Å². The van der Waals surface area contributed by atoms with E-state index in [2.05, 4.69) is 10.2 Å². The molecule has 2 saturated heterocycles. The molecule has 10 heteroatoms. The molecule has 3 unspecified atom stereocenters. The number of methoxy groups -OCH3 is 2.